The number of likely N-dealkylation sites (N-methyl/N-ethyl adjacent to an activating group) is 1. The van der Waals surface area contributed by atoms with E-state index in [0.29, 0.717) is 5.56 Å². The van der Waals surface area contributed by atoms with Crippen LogP contribution in [-0.2, 0) is 5.75 Å². The second-order valence-electron chi connectivity index (χ2n) is 6.48. The fourth-order valence-corrected chi connectivity index (χ4v) is 3.43. The molecule has 0 bridgehead atoms. The third kappa shape index (κ3) is 5.67. The molecule has 3 aromatic rings. The molecule has 1 atom stereocenters. The van der Waals surface area contributed by atoms with Crippen LogP contribution < -0.4 is 5.32 Å². The van der Waals surface area contributed by atoms with Gasteiger partial charge in [-0.3, -0.25) is 9.89 Å². The first-order chi connectivity index (χ1) is 13.1. The average molecular weight is 382 g/mol. The lowest BCUT2D eigenvalue weighted by Gasteiger charge is -2.23. The standard InChI is InChI=1S/C20H23N5OS/c1-25(2)12-18(16-6-4-3-5-7-16)23-19(26)17-10-8-15(9-11-17)13-27-20-21-14-22-24-20/h3-11,14,18H,12-13H2,1-2H3,(H,23,26)(H,21,22,24). The third-order valence-electron chi connectivity index (χ3n) is 4.04. The molecule has 7 heteroatoms. The molecule has 1 amide bonds. The Morgan fingerprint density at radius 2 is 1.89 bits per heavy atom. The predicted octanol–water partition coefficient (Wildman–Crippen LogP) is 3.13. The first-order valence-corrected chi connectivity index (χ1v) is 9.68. The molecule has 0 aliphatic heterocycles. The van der Waals surface area contributed by atoms with Crippen molar-refractivity contribution in [2.24, 2.45) is 0 Å². The van der Waals surface area contributed by atoms with Gasteiger partial charge >= 0.3 is 0 Å². The summed E-state index contributed by atoms with van der Waals surface area (Å²) in [5, 5.41) is 10.6. The maximum atomic E-state index is 12.7. The van der Waals surface area contributed by atoms with Gasteiger partial charge in [0.05, 0.1) is 6.04 Å². The summed E-state index contributed by atoms with van der Waals surface area (Å²) in [7, 11) is 4.01. The zero-order chi connectivity index (χ0) is 19.1. The molecule has 1 unspecified atom stereocenters. The topological polar surface area (TPSA) is 73.9 Å². The number of carbonyl (C=O) groups is 1. The van der Waals surface area contributed by atoms with Crippen molar-refractivity contribution in [1.82, 2.24) is 25.4 Å². The van der Waals surface area contributed by atoms with Gasteiger partial charge in [0, 0.05) is 17.9 Å². The third-order valence-corrected chi connectivity index (χ3v) is 4.99. The van der Waals surface area contributed by atoms with Gasteiger partial charge in [0.25, 0.3) is 5.91 Å². The number of rotatable bonds is 8. The lowest BCUT2D eigenvalue weighted by atomic mass is 10.1. The first kappa shape index (κ1) is 19.1. The van der Waals surface area contributed by atoms with Crippen molar-refractivity contribution in [3.05, 3.63) is 77.6 Å². The normalized spacial score (nSPS) is 12.1. The number of carbonyl (C=O) groups excluding carboxylic acids is 1. The van der Waals surface area contributed by atoms with E-state index in [-0.39, 0.29) is 11.9 Å². The van der Waals surface area contributed by atoms with Gasteiger partial charge in [0.1, 0.15) is 6.33 Å². The number of amides is 1. The number of hydrogen-bond acceptors (Lipinski definition) is 5. The van der Waals surface area contributed by atoms with Crippen LogP contribution >= 0.6 is 11.8 Å². The molecule has 0 saturated heterocycles. The minimum absolute atomic E-state index is 0.0598. The molecule has 27 heavy (non-hydrogen) atoms. The molecule has 0 aliphatic carbocycles. The van der Waals surface area contributed by atoms with E-state index in [1.165, 1.54) is 6.33 Å². The van der Waals surface area contributed by atoms with Crippen molar-refractivity contribution in [2.45, 2.75) is 17.0 Å². The zero-order valence-electron chi connectivity index (χ0n) is 15.4. The second-order valence-corrected chi connectivity index (χ2v) is 7.44. The van der Waals surface area contributed by atoms with Gasteiger partial charge in [0.2, 0.25) is 0 Å². The van der Waals surface area contributed by atoms with Crippen molar-refractivity contribution < 1.29 is 4.79 Å². The van der Waals surface area contributed by atoms with E-state index in [0.717, 1.165) is 28.6 Å². The highest BCUT2D eigenvalue weighted by molar-refractivity contribution is 7.98. The van der Waals surface area contributed by atoms with Gasteiger partial charge in [-0.2, -0.15) is 5.10 Å². The molecular formula is C20H23N5OS. The lowest BCUT2D eigenvalue weighted by molar-refractivity contribution is 0.0930. The van der Waals surface area contributed by atoms with Crippen LogP contribution in [0.3, 0.4) is 0 Å². The van der Waals surface area contributed by atoms with Crippen molar-refractivity contribution in [3.63, 3.8) is 0 Å². The van der Waals surface area contributed by atoms with E-state index in [4.69, 9.17) is 0 Å². The quantitative estimate of drug-likeness (QED) is 0.587. The van der Waals surface area contributed by atoms with E-state index in [2.05, 4.69) is 25.4 Å². The monoisotopic (exact) mass is 381 g/mol. The van der Waals surface area contributed by atoms with Crippen molar-refractivity contribution in [1.29, 1.82) is 0 Å². The molecular weight excluding hydrogens is 358 g/mol. The Hall–Kier alpha value is -2.64. The molecule has 0 spiro atoms. The minimum atomic E-state index is -0.0693. The van der Waals surface area contributed by atoms with E-state index in [1.54, 1.807) is 11.8 Å². The smallest absolute Gasteiger partial charge is 0.251 e. The number of H-pyrrole nitrogens is 1. The second kappa shape index (κ2) is 9.34. The fraction of sp³-hybridized carbons (Fsp3) is 0.250. The van der Waals surface area contributed by atoms with E-state index >= 15 is 0 Å². The molecule has 1 heterocycles. The average Bonchev–Trinajstić information content (AvgIpc) is 3.20. The zero-order valence-corrected chi connectivity index (χ0v) is 16.2. The minimum Gasteiger partial charge on any atom is -0.344 e. The van der Waals surface area contributed by atoms with Crippen molar-refractivity contribution in [2.75, 3.05) is 20.6 Å². The van der Waals surface area contributed by atoms with Gasteiger partial charge in [0.15, 0.2) is 5.16 Å². The molecule has 1 aromatic heterocycles. The number of nitrogens with one attached hydrogen (secondary N) is 2. The van der Waals surface area contributed by atoms with Crippen LogP contribution in [0.25, 0.3) is 0 Å². The van der Waals surface area contributed by atoms with Gasteiger partial charge in [-0.25, -0.2) is 4.98 Å². The summed E-state index contributed by atoms with van der Waals surface area (Å²) in [6.07, 6.45) is 1.49. The Balaban J connectivity index is 1.63. The van der Waals surface area contributed by atoms with Crippen LogP contribution in [0.2, 0.25) is 0 Å². The van der Waals surface area contributed by atoms with Gasteiger partial charge in [-0.1, -0.05) is 54.2 Å². The SMILES string of the molecule is CN(C)CC(NC(=O)c1ccc(CSc2ncn[nH]2)cc1)c1ccccc1. The number of aromatic amines is 1. The van der Waals surface area contributed by atoms with Crippen molar-refractivity contribution in [3.8, 4) is 0 Å². The van der Waals surface area contributed by atoms with E-state index in [1.807, 2.05) is 68.7 Å². The predicted molar refractivity (Wildman–Crippen MR) is 108 cm³/mol. The Morgan fingerprint density at radius 1 is 1.15 bits per heavy atom. The number of nitrogens with zero attached hydrogens (tertiary/aromatic N) is 3. The largest absolute Gasteiger partial charge is 0.344 e. The summed E-state index contributed by atoms with van der Waals surface area (Å²) in [4.78, 5) is 18.9. The molecule has 6 nitrogen and oxygen atoms in total. The molecule has 3 rings (SSSR count). The van der Waals surface area contributed by atoms with E-state index in [9.17, 15) is 4.79 Å². The highest BCUT2D eigenvalue weighted by Gasteiger charge is 2.16. The van der Waals surface area contributed by atoms with Crippen LogP contribution in [0.4, 0.5) is 0 Å². The number of hydrogen-bond donors (Lipinski definition) is 2. The molecule has 140 valence electrons. The van der Waals surface area contributed by atoms with Crippen molar-refractivity contribution >= 4 is 17.7 Å². The number of thioether (sulfide) groups is 1. The maximum Gasteiger partial charge on any atom is 0.251 e. The Labute approximate surface area is 163 Å². The van der Waals surface area contributed by atoms with Crippen LogP contribution in [0, 0.1) is 0 Å². The summed E-state index contributed by atoms with van der Waals surface area (Å²) < 4.78 is 0. The maximum absolute atomic E-state index is 12.7. The van der Waals surface area contributed by atoms with Crippen LogP contribution in [0.5, 0.6) is 0 Å². The number of aromatic nitrogens is 3. The Morgan fingerprint density at radius 3 is 2.52 bits per heavy atom. The number of benzene rings is 2. The molecule has 0 aliphatic rings. The summed E-state index contributed by atoms with van der Waals surface area (Å²) in [6, 6.07) is 17.7. The molecule has 0 saturated carbocycles. The van der Waals surface area contributed by atoms with Gasteiger partial charge in [-0.05, 0) is 37.4 Å². The summed E-state index contributed by atoms with van der Waals surface area (Å²) in [5.41, 5.74) is 2.88. The summed E-state index contributed by atoms with van der Waals surface area (Å²) in [6.45, 7) is 0.738. The van der Waals surface area contributed by atoms with Gasteiger partial charge < -0.3 is 10.2 Å². The highest BCUT2D eigenvalue weighted by atomic mass is 32.2. The Bertz CT molecular complexity index is 835. The summed E-state index contributed by atoms with van der Waals surface area (Å²) in [5.74, 6) is 0.699. The lowest BCUT2D eigenvalue weighted by Crippen LogP contribution is -2.35. The summed E-state index contributed by atoms with van der Waals surface area (Å²) >= 11 is 1.57. The molecule has 2 aromatic carbocycles. The van der Waals surface area contributed by atoms with Crippen LogP contribution in [0.1, 0.15) is 27.5 Å². The van der Waals surface area contributed by atoms with E-state index < -0.39 is 0 Å². The Kier molecular flexibility index (Phi) is 6.62. The van der Waals surface area contributed by atoms with Crippen LogP contribution in [0.15, 0.2) is 66.1 Å². The fourth-order valence-electron chi connectivity index (χ4n) is 2.69. The van der Waals surface area contributed by atoms with Crippen LogP contribution in [-0.4, -0.2) is 46.6 Å². The highest BCUT2D eigenvalue weighted by Crippen LogP contribution is 2.19. The first-order valence-electron chi connectivity index (χ1n) is 8.69. The molecule has 2 N–H and O–H groups in total. The molecule has 0 radical (unpaired) electrons. The molecule has 0 fully saturated rings. The van der Waals surface area contributed by atoms with Gasteiger partial charge in [-0.15, -0.1) is 0 Å².